The van der Waals surface area contributed by atoms with Crippen molar-refractivity contribution in [2.75, 3.05) is 0 Å². The number of hydrogen-bond donors (Lipinski definition) is 0. The fourth-order valence-electron chi connectivity index (χ4n) is 1.15. The molecule has 1 aromatic rings. The van der Waals surface area contributed by atoms with Gasteiger partial charge in [-0.1, -0.05) is 29.8 Å². The van der Waals surface area contributed by atoms with Gasteiger partial charge in [0.05, 0.1) is 22.7 Å². The molecule has 0 bridgehead atoms. The molecular formula is C12H15BrClNO2. The van der Waals surface area contributed by atoms with Crippen LogP contribution in [0.25, 0.3) is 0 Å². The van der Waals surface area contributed by atoms with Crippen LogP contribution in [0.2, 0.25) is 5.02 Å². The molecule has 1 rings (SSSR count). The Hall–Kier alpha value is -0.740. The number of carbonyl (C=O) groups is 1. The number of rotatable bonds is 2. The lowest BCUT2D eigenvalue weighted by molar-refractivity contribution is 0.0407. The molecule has 1 amide bonds. The monoisotopic (exact) mass is 319 g/mol. The van der Waals surface area contributed by atoms with Gasteiger partial charge in [0.15, 0.2) is 0 Å². The molecule has 0 saturated heterocycles. The van der Waals surface area contributed by atoms with Crippen molar-refractivity contribution in [3.05, 3.63) is 34.9 Å². The van der Waals surface area contributed by atoms with Crippen LogP contribution in [0, 0.1) is 0 Å². The zero-order chi connectivity index (χ0) is 13.1. The van der Waals surface area contributed by atoms with Crippen molar-refractivity contribution in [1.29, 1.82) is 0 Å². The van der Waals surface area contributed by atoms with E-state index in [0.29, 0.717) is 11.6 Å². The molecule has 0 unspecified atom stereocenters. The highest BCUT2D eigenvalue weighted by Gasteiger charge is 2.21. The third-order valence-corrected chi connectivity index (χ3v) is 2.77. The molecule has 0 N–H and O–H groups in total. The summed E-state index contributed by atoms with van der Waals surface area (Å²) < 4.78 is 6.53. The summed E-state index contributed by atoms with van der Waals surface area (Å²) in [5.74, 6) is 0. The van der Waals surface area contributed by atoms with E-state index < -0.39 is 11.7 Å². The van der Waals surface area contributed by atoms with Gasteiger partial charge in [-0.05, 0) is 32.4 Å². The van der Waals surface area contributed by atoms with Crippen molar-refractivity contribution in [2.45, 2.75) is 32.9 Å². The second-order valence-electron chi connectivity index (χ2n) is 4.59. The van der Waals surface area contributed by atoms with Crippen LogP contribution in [0.1, 0.15) is 26.3 Å². The summed E-state index contributed by atoms with van der Waals surface area (Å²) in [5, 5.41) is 0.625. The first-order valence-corrected chi connectivity index (χ1v) is 6.28. The van der Waals surface area contributed by atoms with Gasteiger partial charge in [-0.15, -0.1) is 0 Å². The second-order valence-corrected chi connectivity index (χ2v) is 5.86. The van der Waals surface area contributed by atoms with Crippen LogP contribution in [0.3, 0.4) is 0 Å². The molecule has 0 aliphatic carbocycles. The molecule has 94 valence electrons. The Labute approximate surface area is 115 Å². The Morgan fingerprint density at radius 1 is 1.41 bits per heavy atom. The number of carbonyl (C=O) groups excluding carboxylic acids is 1. The van der Waals surface area contributed by atoms with Crippen molar-refractivity contribution < 1.29 is 9.53 Å². The van der Waals surface area contributed by atoms with Gasteiger partial charge in [0.25, 0.3) is 0 Å². The average molecular weight is 321 g/mol. The predicted octanol–water partition coefficient (Wildman–Crippen LogP) is 4.39. The molecule has 5 heteroatoms. The van der Waals surface area contributed by atoms with E-state index in [1.165, 1.54) is 3.93 Å². The van der Waals surface area contributed by atoms with E-state index in [4.69, 9.17) is 16.3 Å². The van der Waals surface area contributed by atoms with E-state index in [9.17, 15) is 4.79 Å². The van der Waals surface area contributed by atoms with Crippen LogP contribution < -0.4 is 0 Å². The van der Waals surface area contributed by atoms with Gasteiger partial charge < -0.3 is 4.74 Å². The minimum absolute atomic E-state index is 0.356. The van der Waals surface area contributed by atoms with Crippen LogP contribution in [0.15, 0.2) is 24.3 Å². The molecule has 0 aliphatic rings. The second kappa shape index (κ2) is 5.74. The lowest BCUT2D eigenvalue weighted by Crippen LogP contribution is -2.30. The minimum Gasteiger partial charge on any atom is -0.443 e. The lowest BCUT2D eigenvalue weighted by Gasteiger charge is -2.23. The SMILES string of the molecule is CC(C)(C)OC(=O)N(Br)Cc1ccccc1Cl. The first-order valence-electron chi connectivity index (χ1n) is 5.19. The third kappa shape index (κ3) is 4.96. The van der Waals surface area contributed by atoms with Crippen LogP contribution in [0.5, 0.6) is 0 Å². The van der Waals surface area contributed by atoms with Gasteiger partial charge in [0.2, 0.25) is 0 Å². The summed E-state index contributed by atoms with van der Waals surface area (Å²) in [4.78, 5) is 11.7. The largest absolute Gasteiger partial charge is 0.443 e. The van der Waals surface area contributed by atoms with E-state index in [-0.39, 0.29) is 0 Å². The van der Waals surface area contributed by atoms with E-state index in [1.807, 2.05) is 39.0 Å². The topological polar surface area (TPSA) is 29.5 Å². The Bertz CT molecular complexity index is 404. The molecule has 3 nitrogen and oxygen atoms in total. The van der Waals surface area contributed by atoms with Crippen molar-refractivity contribution in [3.63, 3.8) is 0 Å². The quantitative estimate of drug-likeness (QED) is 0.756. The zero-order valence-corrected chi connectivity index (χ0v) is 12.4. The Morgan fingerprint density at radius 3 is 2.53 bits per heavy atom. The van der Waals surface area contributed by atoms with E-state index in [0.717, 1.165) is 5.56 Å². The minimum atomic E-state index is -0.510. The van der Waals surface area contributed by atoms with Crippen molar-refractivity contribution in [1.82, 2.24) is 3.93 Å². The maximum Gasteiger partial charge on any atom is 0.420 e. The van der Waals surface area contributed by atoms with Crippen molar-refractivity contribution in [2.24, 2.45) is 0 Å². The smallest absolute Gasteiger partial charge is 0.420 e. The average Bonchev–Trinajstić information content (AvgIpc) is 2.18. The molecule has 0 aliphatic heterocycles. The molecule has 0 radical (unpaired) electrons. The highest BCUT2D eigenvalue weighted by atomic mass is 79.9. The lowest BCUT2D eigenvalue weighted by atomic mass is 10.2. The predicted molar refractivity (Wildman–Crippen MR) is 72.2 cm³/mol. The number of benzene rings is 1. The van der Waals surface area contributed by atoms with Crippen LogP contribution in [-0.2, 0) is 11.3 Å². The van der Waals surface area contributed by atoms with Gasteiger partial charge in [-0.2, -0.15) is 0 Å². The van der Waals surface area contributed by atoms with Gasteiger partial charge in [0, 0.05) is 5.02 Å². The highest BCUT2D eigenvalue weighted by molar-refractivity contribution is 9.07. The summed E-state index contributed by atoms with van der Waals surface area (Å²) in [6.07, 6.45) is -0.433. The highest BCUT2D eigenvalue weighted by Crippen LogP contribution is 2.20. The summed E-state index contributed by atoms with van der Waals surface area (Å²) in [5.41, 5.74) is 0.348. The summed E-state index contributed by atoms with van der Waals surface area (Å²) in [6, 6.07) is 7.36. The summed E-state index contributed by atoms with van der Waals surface area (Å²) in [7, 11) is 0. The Morgan fingerprint density at radius 2 is 2.00 bits per heavy atom. The van der Waals surface area contributed by atoms with E-state index in [1.54, 1.807) is 6.07 Å². The fourth-order valence-corrected chi connectivity index (χ4v) is 1.69. The zero-order valence-electron chi connectivity index (χ0n) is 10.0. The molecule has 0 spiro atoms. The molecule has 0 fully saturated rings. The number of amides is 1. The standard InChI is InChI=1S/C12H15BrClNO2/c1-12(2,3)17-11(16)15(13)8-9-6-4-5-7-10(9)14/h4-7H,8H2,1-3H3. The van der Waals surface area contributed by atoms with Crippen LogP contribution in [-0.4, -0.2) is 15.6 Å². The van der Waals surface area contributed by atoms with Crippen molar-refractivity contribution >= 4 is 33.8 Å². The van der Waals surface area contributed by atoms with Crippen LogP contribution >= 0.6 is 27.7 Å². The third-order valence-electron chi connectivity index (χ3n) is 1.86. The molecule has 17 heavy (non-hydrogen) atoms. The molecule has 0 aromatic heterocycles. The number of hydrogen-bond acceptors (Lipinski definition) is 2. The molecule has 1 aromatic carbocycles. The van der Waals surface area contributed by atoms with E-state index in [2.05, 4.69) is 16.1 Å². The maximum atomic E-state index is 11.7. The van der Waals surface area contributed by atoms with Gasteiger partial charge in [-0.3, -0.25) is 0 Å². The molecule has 0 saturated carbocycles. The van der Waals surface area contributed by atoms with Crippen molar-refractivity contribution in [3.8, 4) is 0 Å². The number of ether oxygens (including phenoxy) is 1. The summed E-state index contributed by atoms with van der Waals surface area (Å²) in [6.45, 7) is 5.82. The van der Waals surface area contributed by atoms with Crippen LogP contribution in [0.4, 0.5) is 4.79 Å². The Kier molecular flexibility index (Phi) is 4.83. The van der Waals surface area contributed by atoms with Gasteiger partial charge in [0.1, 0.15) is 5.60 Å². The molecule has 0 atom stereocenters. The van der Waals surface area contributed by atoms with Gasteiger partial charge in [-0.25, -0.2) is 8.72 Å². The molecule has 0 heterocycles. The first-order chi connectivity index (χ1) is 7.79. The first kappa shape index (κ1) is 14.3. The van der Waals surface area contributed by atoms with Gasteiger partial charge >= 0.3 is 6.09 Å². The normalized spacial score (nSPS) is 11.1. The molecular weight excluding hydrogens is 305 g/mol. The fraction of sp³-hybridized carbons (Fsp3) is 0.417. The summed E-state index contributed by atoms with van der Waals surface area (Å²) >= 11 is 9.17. The Balaban J connectivity index is 2.64. The number of nitrogens with zero attached hydrogens (tertiary/aromatic N) is 1. The van der Waals surface area contributed by atoms with E-state index >= 15 is 0 Å². The maximum absolute atomic E-state index is 11.7. The number of halogens is 2.